The van der Waals surface area contributed by atoms with Crippen LogP contribution in [0.2, 0.25) is 0 Å². The number of carbonyl (C=O) groups excluding carboxylic acids is 1. The maximum atomic E-state index is 12.9. The largest absolute Gasteiger partial charge is 0.366 e. The fourth-order valence-corrected chi connectivity index (χ4v) is 2.93. The number of halogens is 1. The molecule has 2 aromatic rings. The summed E-state index contributed by atoms with van der Waals surface area (Å²) in [7, 11) is -2.42. The Hall–Kier alpha value is -2.41. The van der Waals surface area contributed by atoms with Gasteiger partial charge in [-0.2, -0.15) is 0 Å². The zero-order chi connectivity index (χ0) is 15.6. The highest BCUT2D eigenvalue weighted by molar-refractivity contribution is 7.92. The van der Waals surface area contributed by atoms with Gasteiger partial charge in [-0.1, -0.05) is 0 Å². The summed E-state index contributed by atoms with van der Waals surface area (Å²) >= 11 is 0. The number of amides is 1. The van der Waals surface area contributed by atoms with Gasteiger partial charge in [0.2, 0.25) is 5.91 Å². The Morgan fingerprint density at radius 1 is 1.05 bits per heavy atom. The van der Waals surface area contributed by atoms with Gasteiger partial charge in [0.25, 0.3) is 10.0 Å². The molecule has 0 radical (unpaired) electrons. The summed E-state index contributed by atoms with van der Waals surface area (Å²) in [6.07, 6.45) is 0. The van der Waals surface area contributed by atoms with Gasteiger partial charge in [0.1, 0.15) is 5.82 Å². The Morgan fingerprint density at radius 3 is 2.05 bits per heavy atom. The van der Waals surface area contributed by atoms with Crippen LogP contribution in [0.15, 0.2) is 53.4 Å². The topological polar surface area (TPSA) is 80.5 Å². The minimum atomic E-state index is -3.79. The molecule has 0 saturated heterocycles. The van der Waals surface area contributed by atoms with Gasteiger partial charge in [0.15, 0.2) is 0 Å². The first-order valence-corrected chi connectivity index (χ1v) is 7.41. The van der Waals surface area contributed by atoms with Crippen molar-refractivity contribution in [3.05, 3.63) is 59.9 Å². The molecule has 0 aliphatic heterocycles. The van der Waals surface area contributed by atoms with E-state index in [1.165, 1.54) is 55.6 Å². The Labute approximate surface area is 121 Å². The maximum absolute atomic E-state index is 12.9. The second kappa shape index (κ2) is 5.53. The number of nitrogens with zero attached hydrogens (tertiary/aromatic N) is 1. The van der Waals surface area contributed by atoms with Gasteiger partial charge < -0.3 is 5.73 Å². The fraction of sp³-hybridized carbons (Fsp3) is 0.0714. The molecule has 1 amide bonds. The smallest absolute Gasteiger partial charge is 0.264 e. The number of primary amides is 1. The van der Waals surface area contributed by atoms with Crippen LogP contribution in [0.1, 0.15) is 10.4 Å². The fourth-order valence-electron chi connectivity index (χ4n) is 1.74. The summed E-state index contributed by atoms with van der Waals surface area (Å²) in [6.45, 7) is 0. The molecule has 110 valence electrons. The van der Waals surface area contributed by atoms with Crippen molar-refractivity contribution in [1.82, 2.24) is 0 Å². The normalized spacial score (nSPS) is 11.1. The Morgan fingerprint density at radius 2 is 1.57 bits per heavy atom. The van der Waals surface area contributed by atoms with Crippen LogP contribution < -0.4 is 10.0 Å². The van der Waals surface area contributed by atoms with Gasteiger partial charge >= 0.3 is 0 Å². The van der Waals surface area contributed by atoms with Crippen molar-refractivity contribution in [3.8, 4) is 0 Å². The van der Waals surface area contributed by atoms with Crippen LogP contribution in [-0.2, 0) is 10.0 Å². The molecular weight excluding hydrogens is 295 g/mol. The number of sulfonamides is 1. The molecule has 0 spiro atoms. The van der Waals surface area contributed by atoms with Crippen LogP contribution in [0.5, 0.6) is 0 Å². The number of hydrogen-bond donors (Lipinski definition) is 1. The van der Waals surface area contributed by atoms with Gasteiger partial charge in [-0.3, -0.25) is 9.10 Å². The lowest BCUT2D eigenvalue weighted by atomic mass is 10.2. The highest BCUT2D eigenvalue weighted by atomic mass is 32.2. The summed E-state index contributed by atoms with van der Waals surface area (Å²) in [5, 5.41) is 0. The first kappa shape index (κ1) is 15.0. The lowest BCUT2D eigenvalue weighted by Crippen LogP contribution is -2.26. The maximum Gasteiger partial charge on any atom is 0.264 e. The third-order valence-corrected chi connectivity index (χ3v) is 4.79. The lowest BCUT2D eigenvalue weighted by Gasteiger charge is -2.19. The van der Waals surface area contributed by atoms with Crippen molar-refractivity contribution in [2.75, 3.05) is 11.4 Å². The van der Waals surface area contributed by atoms with E-state index in [4.69, 9.17) is 5.73 Å². The van der Waals surface area contributed by atoms with Crippen LogP contribution in [0.4, 0.5) is 10.1 Å². The van der Waals surface area contributed by atoms with E-state index in [2.05, 4.69) is 0 Å². The molecule has 0 aliphatic carbocycles. The molecule has 0 saturated carbocycles. The van der Waals surface area contributed by atoms with E-state index in [0.717, 1.165) is 4.31 Å². The standard InChI is InChI=1S/C14H13FN2O3S/c1-17(12-6-4-11(15)5-7-12)21(19,20)13-8-2-10(3-9-13)14(16)18/h2-9H,1H3,(H2,16,18). The summed E-state index contributed by atoms with van der Waals surface area (Å²) < 4.78 is 38.7. The van der Waals surface area contributed by atoms with E-state index in [0.29, 0.717) is 5.69 Å². The van der Waals surface area contributed by atoms with Crippen molar-refractivity contribution in [2.24, 2.45) is 5.73 Å². The highest BCUT2D eigenvalue weighted by Crippen LogP contribution is 2.22. The number of benzene rings is 2. The zero-order valence-corrected chi connectivity index (χ0v) is 12.0. The van der Waals surface area contributed by atoms with Gasteiger partial charge in [-0.05, 0) is 48.5 Å². The molecule has 0 aromatic heterocycles. The molecule has 21 heavy (non-hydrogen) atoms. The second-order valence-electron chi connectivity index (χ2n) is 4.34. The van der Waals surface area contributed by atoms with Crippen molar-refractivity contribution in [1.29, 1.82) is 0 Å². The van der Waals surface area contributed by atoms with Crippen molar-refractivity contribution in [2.45, 2.75) is 4.90 Å². The molecule has 0 bridgehead atoms. The minimum absolute atomic E-state index is 0.0133. The SMILES string of the molecule is CN(c1ccc(F)cc1)S(=O)(=O)c1ccc(C(N)=O)cc1. The Balaban J connectivity index is 2.36. The van der Waals surface area contributed by atoms with Crippen LogP contribution in [0.3, 0.4) is 0 Å². The van der Waals surface area contributed by atoms with Gasteiger partial charge in [-0.25, -0.2) is 12.8 Å². The van der Waals surface area contributed by atoms with Crippen molar-refractivity contribution in [3.63, 3.8) is 0 Å². The summed E-state index contributed by atoms with van der Waals surface area (Å²) in [5.74, 6) is -1.08. The zero-order valence-electron chi connectivity index (χ0n) is 11.2. The van der Waals surface area contributed by atoms with E-state index in [9.17, 15) is 17.6 Å². The molecule has 7 heteroatoms. The van der Waals surface area contributed by atoms with E-state index < -0.39 is 21.7 Å². The van der Waals surface area contributed by atoms with Gasteiger partial charge in [0.05, 0.1) is 10.6 Å². The number of hydrogen-bond acceptors (Lipinski definition) is 3. The van der Waals surface area contributed by atoms with E-state index in [-0.39, 0.29) is 10.5 Å². The molecule has 0 heterocycles. The summed E-state index contributed by atoms with van der Waals surface area (Å²) in [5.41, 5.74) is 5.65. The van der Waals surface area contributed by atoms with E-state index in [1.807, 2.05) is 0 Å². The third-order valence-electron chi connectivity index (χ3n) is 2.99. The molecule has 0 unspecified atom stereocenters. The molecule has 0 fully saturated rings. The van der Waals surface area contributed by atoms with Gasteiger partial charge in [0, 0.05) is 12.6 Å². The predicted octanol–water partition coefficient (Wildman–Crippen LogP) is 1.75. The quantitative estimate of drug-likeness (QED) is 0.934. The second-order valence-corrected chi connectivity index (χ2v) is 6.31. The van der Waals surface area contributed by atoms with Crippen LogP contribution in [-0.4, -0.2) is 21.4 Å². The monoisotopic (exact) mass is 308 g/mol. The Kier molecular flexibility index (Phi) is 3.95. The van der Waals surface area contributed by atoms with Crippen molar-refractivity contribution >= 4 is 21.6 Å². The van der Waals surface area contributed by atoms with Crippen LogP contribution >= 0.6 is 0 Å². The van der Waals surface area contributed by atoms with E-state index in [1.54, 1.807) is 0 Å². The molecule has 0 aliphatic rings. The van der Waals surface area contributed by atoms with Crippen LogP contribution in [0, 0.1) is 5.82 Å². The molecular formula is C14H13FN2O3S. The third kappa shape index (κ3) is 3.03. The Bertz CT molecular complexity index is 756. The van der Waals surface area contributed by atoms with Crippen molar-refractivity contribution < 1.29 is 17.6 Å². The molecule has 5 nitrogen and oxygen atoms in total. The number of nitrogens with two attached hydrogens (primary N) is 1. The van der Waals surface area contributed by atoms with Crippen LogP contribution in [0.25, 0.3) is 0 Å². The lowest BCUT2D eigenvalue weighted by molar-refractivity contribution is 0.1000. The minimum Gasteiger partial charge on any atom is -0.366 e. The average Bonchev–Trinajstić information content (AvgIpc) is 2.47. The number of anilines is 1. The predicted molar refractivity (Wildman–Crippen MR) is 76.9 cm³/mol. The number of rotatable bonds is 4. The summed E-state index contributed by atoms with van der Waals surface area (Å²) in [4.78, 5) is 11.0. The van der Waals surface area contributed by atoms with Gasteiger partial charge in [-0.15, -0.1) is 0 Å². The summed E-state index contributed by atoms with van der Waals surface area (Å²) in [6, 6.07) is 10.4. The highest BCUT2D eigenvalue weighted by Gasteiger charge is 2.21. The molecule has 2 N–H and O–H groups in total. The average molecular weight is 308 g/mol. The first-order valence-electron chi connectivity index (χ1n) is 5.97. The molecule has 2 rings (SSSR count). The number of carbonyl (C=O) groups is 1. The molecule has 2 aromatic carbocycles. The first-order chi connectivity index (χ1) is 9.82. The van der Waals surface area contributed by atoms with E-state index >= 15 is 0 Å². The molecule has 0 atom stereocenters.